The van der Waals surface area contributed by atoms with E-state index in [0.29, 0.717) is 0 Å². The number of aryl methyl sites for hydroxylation is 2. The fourth-order valence-electron chi connectivity index (χ4n) is 1.61. The summed E-state index contributed by atoms with van der Waals surface area (Å²) in [6, 6.07) is 6.08. The highest BCUT2D eigenvalue weighted by atomic mass is 35.5. The van der Waals surface area contributed by atoms with E-state index in [-0.39, 0.29) is 5.38 Å². The van der Waals surface area contributed by atoms with Crippen LogP contribution in [0.15, 0.2) is 30.6 Å². The number of halogens is 1. The molecule has 2 rings (SSSR count). The molecule has 0 saturated carbocycles. The van der Waals surface area contributed by atoms with Gasteiger partial charge >= 0.3 is 0 Å². The molecule has 0 spiro atoms. The molecule has 0 N–H and O–H groups in total. The van der Waals surface area contributed by atoms with Crippen molar-refractivity contribution in [1.29, 1.82) is 0 Å². The van der Waals surface area contributed by atoms with Crippen LogP contribution in [0.1, 0.15) is 26.3 Å². The third kappa shape index (κ3) is 2.21. The highest BCUT2D eigenvalue weighted by Crippen LogP contribution is 2.34. The maximum Gasteiger partial charge on any atom is 0.0860 e. The van der Waals surface area contributed by atoms with E-state index in [2.05, 4.69) is 24.9 Å². The van der Waals surface area contributed by atoms with Crippen LogP contribution in [0, 0.1) is 13.8 Å². The molecule has 2 heterocycles. The van der Waals surface area contributed by atoms with Gasteiger partial charge in [-0.3, -0.25) is 4.98 Å². The van der Waals surface area contributed by atoms with Crippen LogP contribution >= 0.6 is 22.9 Å². The van der Waals surface area contributed by atoms with E-state index in [4.69, 9.17) is 11.6 Å². The minimum atomic E-state index is -0.0800. The van der Waals surface area contributed by atoms with Crippen LogP contribution in [-0.4, -0.2) is 4.98 Å². The first-order valence-corrected chi connectivity index (χ1v) is 6.04. The topological polar surface area (TPSA) is 12.9 Å². The van der Waals surface area contributed by atoms with Crippen LogP contribution in [0.5, 0.6) is 0 Å². The van der Waals surface area contributed by atoms with Crippen molar-refractivity contribution in [2.24, 2.45) is 0 Å². The molecule has 0 aliphatic heterocycles. The van der Waals surface area contributed by atoms with Crippen LogP contribution in [0.4, 0.5) is 0 Å². The summed E-state index contributed by atoms with van der Waals surface area (Å²) in [5.74, 6) is 0. The first kappa shape index (κ1) is 10.7. The van der Waals surface area contributed by atoms with Crippen LogP contribution in [0.3, 0.4) is 0 Å². The van der Waals surface area contributed by atoms with Gasteiger partial charge in [-0.15, -0.1) is 22.9 Å². The van der Waals surface area contributed by atoms with E-state index < -0.39 is 0 Å². The predicted octanol–water partition coefficient (Wildman–Crippen LogP) is 4.09. The second-order valence-corrected chi connectivity index (χ2v) is 5.41. The van der Waals surface area contributed by atoms with Crippen molar-refractivity contribution in [1.82, 2.24) is 4.98 Å². The quantitative estimate of drug-likeness (QED) is 0.717. The first-order valence-electron chi connectivity index (χ1n) is 4.79. The first-order chi connectivity index (χ1) is 7.18. The standard InChI is InChI=1S/C12H12ClNS/c1-8-6-11(9(2)15-8)12(13)10-4-3-5-14-7-10/h3-7,12H,1-2H3. The second kappa shape index (κ2) is 4.33. The third-order valence-electron chi connectivity index (χ3n) is 2.33. The Morgan fingerprint density at radius 3 is 2.73 bits per heavy atom. The summed E-state index contributed by atoms with van der Waals surface area (Å²) in [7, 11) is 0. The van der Waals surface area contributed by atoms with Gasteiger partial charge in [-0.2, -0.15) is 0 Å². The minimum Gasteiger partial charge on any atom is -0.264 e. The number of pyridine rings is 1. The van der Waals surface area contributed by atoms with Crippen molar-refractivity contribution >= 4 is 22.9 Å². The van der Waals surface area contributed by atoms with E-state index in [1.807, 2.05) is 18.3 Å². The summed E-state index contributed by atoms with van der Waals surface area (Å²) in [6.45, 7) is 4.22. The van der Waals surface area contributed by atoms with Crippen molar-refractivity contribution in [2.45, 2.75) is 19.2 Å². The lowest BCUT2D eigenvalue weighted by Crippen LogP contribution is -1.93. The number of aromatic nitrogens is 1. The Labute approximate surface area is 98.7 Å². The van der Waals surface area contributed by atoms with Gasteiger partial charge in [0.25, 0.3) is 0 Å². The summed E-state index contributed by atoms with van der Waals surface area (Å²) >= 11 is 8.20. The summed E-state index contributed by atoms with van der Waals surface area (Å²) in [5, 5.41) is -0.0800. The van der Waals surface area contributed by atoms with E-state index in [9.17, 15) is 0 Å². The molecule has 78 valence electrons. The number of nitrogens with zero attached hydrogens (tertiary/aromatic N) is 1. The molecule has 1 atom stereocenters. The van der Waals surface area contributed by atoms with Gasteiger partial charge in [0.05, 0.1) is 5.38 Å². The Morgan fingerprint density at radius 2 is 2.20 bits per heavy atom. The van der Waals surface area contributed by atoms with E-state index in [0.717, 1.165) is 5.56 Å². The molecule has 0 aromatic carbocycles. The predicted molar refractivity (Wildman–Crippen MR) is 65.7 cm³/mol. The highest BCUT2D eigenvalue weighted by Gasteiger charge is 2.15. The van der Waals surface area contributed by atoms with Gasteiger partial charge in [-0.05, 0) is 37.1 Å². The third-order valence-corrected chi connectivity index (χ3v) is 3.80. The van der Waals surface area contributed by atoms with Crippen molar-refractivity contribution < 1.29 is 0 Å². The SMILES string of the molecule is Cc1cc(C(Cl)c2cccnc2)c(C)s1. The summed E-state index contributed by atoms with van der Waals surface area (Å²) in [4.78, 5) is 6.68. The van der Waals surface area contributed by atoms with Gasteiger partial charge in [0.2, 0.25) is 0 Å². The van der Waals surface area contributed by atoms with Crippen LogP contribution in [0.25, 0.3) is 0 Å². The Morgan fingerprint density at radius 1 is 1.40 bits per heavy atom. The van der Waals surface area contributed by atoms with Crippen LogP contribution in [-0.2, 0) is 0 Å². The lowest BCUT2D eigenvalue weighted by molar-refractivity contribution is 1.10. The molecule has 0 saturated heterocycles. The zero-order valence-corrected chi connectivity index (χ0v) is 10.3. The number of thiophene rings is 1. The summed E-state index contributed by atoms with van der Waals surface area (Å²) < 4.78 is 0. The van der Waals surface area contributed by atoms with Crippen molar-refractivity contribution in [3.8, 4) is 0 Å². The van der Waals surface area contributed by atoms with Crippen molar-refractivity contribution in [3.63, 3.8) is 0 Å². The second-order valence-electron chi connectivity index (χ2n) is 3.52. The molecule has 0 bridgehead atoms. The molecule has 1 nitrogen and oxygen atoms in total. The fraction of sp³-hybridized carbons (Fsp3) is 0.250. The minimum absolute atomic E-state index is 0.0800. The molecule has 0 radical (unpaired) electrons. The smallest absolute Gasteiger partial charge is 0.0860 e. The Bertz CT molecular complexity index is 450. The van der Waals surface area contributed by atoms with Gasteiger partial charge in [-0.1, -0.05) is 6.07 Å². The Balaban J connectivity index is 2.36. The number of alkyl halides is 1. The van der Waals surface area contributed by atoms with Gasteiger partial charge < -0.3 is 0 Å². The zero-order valence-electron chi connectivity index (χ0n) is 8.70. The normalized spacial score (nSPS) is 12.7. The number of hydrogen-bond acceptors (Lipinski definition) is 2. The van der Waals surface area contributed by atoms with Gasteiger partial charge in [0.15, 0.2) is 0 Å². The lowest BCUT2D eigenvalue weighted by atomic mass is 10.1. The maximum absolute atomic E-state index is 6.42. The molecule has 2 aromatic heterocycles. The van der Waals surface area contributed by atoms with Crippen molar-refractivity contribution in [3.05, 3.63) is 51.5 Å². The molecular weight excluding hydrogens is 226 g/mol. The Hall–Kier alpha value is -0.860. The maximum atomic E-state index is 6.42. The van der Waals surface area contributed by atoms with Gasteiger partial charge in [0.1, 0.15) is 0 Å². The largest absolute Gasteiger partial charge is 0.264 e. The van der Waals surface area contributed by atoms with E-state index >= 15 is 0 Å². The fourth-order valence-corrected chi connectivity index (χ4v) is 2.99. The molecule has 0 aliphatic rings. The molecular formula is C12H12ClNS. The molecule has 0 aliphatic carbocycles. The summed E-state index contributed by atoms with van der Waals surface area (Å²) in [6.07, 6.45) is 3.59. The molecule has 1 unspecified atom stereocenters. The van der Waals surface area contributed by atoms with Crippen LogP contribution in [0.2, 0.25) is 0 Å². The van der Waals surface area contributed by atoms with Crippen molar-refractivity contribution in [2.75, 3.05) is 0 Å². The number of hydrogen-bond donors (Lipinski definition) is 0. The van der Waals surface area contributed by atoms with Gasteiger partial charge in [-0.25, -0.2) is 0 Å². The highest BCUT2D eigenvalue weighted by molar-refractivity contribution is 7.12. The molecule has 0 fully saturated rings. The van der Waals surface area contributed by atoms with E-state index in [1.165, 1.54) is 15.3 Å². The monoisotopic (exact) mass is 237 g/mol. The molecule has 3 heteroatoms. The average molecular weight is 238 g/mol. The Kier molecular flexibility index (Phi) is 3.08. The zero-order chi connectivity index (χ0) is 10.8. The average Bonchev–Trinajstić information content (AvgIpc) is 2.58. The van der Waals surface area contributed by atoms with Gasteiger partial charge in [0, 0.05) is 22.1 Å². The summed E-state index contributed by atoms with van der Waals surface area (Å²) in [5.41, 5.74) is 2.26. The number of rotatable bonds is 2. The van der Waals surface area contributed by atoms with Crippen LogP contribution < -0.4 is 0 Å². The molecule has 2 aromatic rings. The molecule has 0 amide bonds. The lowest BCUT2D eigenvalue weighted by Gasteiger charge is -2.08. The molecule has 15 heavy (non-hydrogen) atoms. The van der Waals surface area contributed by atoms with E-state index in [1.54, 1.807) is 17.5 Å².